The fourth-order valence-electron chi connectivity index (χ4n) is 4.42. The summed E-state index contributed by atoms with van der Waals surface area (Å²) >= 11 is 0. The van der Waals surface area contributed by atoms with E-state index in [-0.39, 0.29) is 17.2 Å². The Morgan fingerprint density at radius 3 is 2.55 bits per heavy atom. The Balaban J connectivity index is 2.08. The zero-order chi connectivity index (χ0) is 22.2. The van der Waals surface area contributed by atoms with Crippen molar-refractivity contribution in [1.82, 2.24) is 10.3 Å². The van der Waals surface area contributed by atoms with Crippen molar-refractivity contribution in [2.24, 2.45) is 0 Å². The number of aromatic nitrogens is 1. The van der Waals surface area contributed by atoms with Gasteiger partial charge in [-0.15, -0.1) is 0 Å². The van der Waals surface area contributed by atoms with E-state index < -0.39 is 23.3 Å². The van der Waals surface area contributed by atoms with Crippen molar-refractivity contribution in [2.75, 3.05) is 13.1 Å². The number of nitrogens with one attached hydrogen (secondary N) is 1. The molecule has 7 heteroatoms. The molecular formula is C24H22F4N2O. The van der Waals surface area contributed by atoms with Crippen LogP contribution in [0, 0.1) is 12.7 Å². The molecule has 162 valence electrons. The first kappa shape index (κ1) is 21.4. The van der Waals surface area contributed by atoms with Crippen molar-refractivity contribution in [3.05, 3.63) is 65.1 Å². The number of carbonyl (C=O) groups excluding carboxylic acids is 1. The van der Waals surface area contributed by atoms with Crippen molar-refractivity contribution >= 4 is 16.7 Å². The van der Waals surface area contributed by atoms with Gasteiger partial charge in [0.15, 0.2) is 0 Å². The second-order valence-corrected chi connectivity index (χ2v) is 7.92. The number of carbonyl (C=O) groups is 1. The molecule has 1 unspecified atom stereocenters. The van der Waals surface area contributed by atoms with Crippen LogP contribution in [0.5, 0.6) is 0 Å². The van der Waals surface area contributed by atoms with Gasteiger partial charge in [0, 0.05) is 23.2 Å². The minimum Gasteiger partial charge on any atom is -0.316 e. The summed E-state index contributed by atoms with van der Waals surface area (Å²) in [7, 11) is 0. The molecule has 0 spiro atoms. The Labute approximate surface area is 177 Å². The Morgan fingerprint density at radius 2 is 1.84 bits per heavy atom. The predicted molar refractivity (Wildman–Crippen MR) is 112 cm³/mol. The average molecular weight is 430 g/mol. The van der Waals surface area contributed by atoms with Gasteiger partial charge in [-0.3, -0.25) is 9.78 Å². The lowest BCUT2D eigenvalue weighted by Crippen LogP contribution is -2.25. The molecule has 0 bridgehead atoms. The number of nitrogens with zero attached hydrogens (tertiary/aromatic N) is 1. The van der Waals surface area contributed by atoms with Crippen molar-refractivity contribution < 1.29 is 22.4 Å². The standard InChI is InChI=1S/C24H22F4N2O/c1-14-20(23(31)24(26,27)28)21(15-8-10-17(25)11-9-15)22-18(6-4-7-19(22)30-14)16-5-2-3-12-29-13-16/h4,6-11,16,29H,2-3,5,12-13H2,1H3. The van der Waals surface area contributed by atoms with E-state index in [0.29, 0.717) is 23.0 Å². The molecule has 1 atom stereocenters. The van der Waals surface area contributed by atoms with Gasteiger partial charge in [-0.25, -0.2) is 4.39 Å². The SMILES string of the molecule is Cc1nc2cccc(C3CCCCNC3)c2c(-c2ccc(F)cc2)c1C(=O)C(F)(F)F. The number of hydrogen-bond acceptors (Lipinski definition) is 3. The highest BCUT2D eigenvalue weighted by atomic mass is 19.4. The molecular weight excluding hydrogens is 408 g/mol. The van der Waals surface area contributed by atoms with Crippen molar-refractivity contribution in [3.8, 4) is 11.1 Å². The number of Topliss-reactive ketones (excluding diaryl/α,β-unsaturated/α-hetero) is 1. The van der Waals surface area contributed by atoms with Gasteiger partial charge >= 0.3 is 6.18 Å². The van der Waals surface area contributed by atoms with Crippen LogP contribution >= 0.6 is 0 Å². The molecule has 2 aromatic carbocycles. The van der Waals surface area contributed by atoms with E-state index in [1.807, 2.05) is 12.1 Å². The van der Waals surface area contributed by atoms with E-state index in [9.17, 15) is 22.4 Å². The van der Waals surface area contributed by atoms with Crippen molar-refractivity contribution in [3.63, 3.8) is 0 Å². The first-order valence-electron chi connectivity index (χ1n) is 10.3. The normalized spacial score (nSPS) is 17.5. The molecule has 1 aliphatic heterocycles. The summed E-state index contributed by atoms with van der Waals surface area (Å²) in [6, 6.07) is 10.7. The number of pyridine rings is 1. The third-order valence-corrected chi connectivity index (χ3v) is 5.83. The highest BCUT2D eigenvalue weighted by Gasteiger charge is 2.42. The monoisotopic (exact) mass is 430 g/mol. The van der Waals surface area contributed by atoms with E-state index in [2.05, 4.69) is 10.3 Å². The third kappa shape index (κ3) is 4.19. The molecule has 1 saturated heterocycles. The van der Waals surface area contributed by atoms with E-state index in [1.54, 1.807) is 6.07 Å². The van der Waals surface area contributed by atoms with Gasteiger partial charge in [-0.2, -0.15) is 13.2 Å². The van der Waals surface area contributed by atoms with Crippen molar-refractivity contribution in [1.29, 1.82) is 0 Å². The molecule has 3 aromatic rings. The zero-order valence-electron chi connectivity index (χ0n) is 17.0. The summed E-state index contributed by atoms with van der Waals surface area (Å²) in [6.45, 7) is 2.99. The number of rotatable bonds is 3. The molecule has 1 aromatic heterocycles. The van der Waals surface area contributed by atoms with Crippen LogP contribution in [-0.4, -0.2) is 30.0 Å². The number of aryl methyl sites for hydroxylation is 1. The number of fused-ring (bicyclic) bond motifs is 1. The van der Waals surface area contributed by atoms with Crippen LogP contribution in [0.1, 0.15) is 46.8 Å². The van der Waals surface area contributed by atoms with E-state index in [0.717, 1.165) is 31.4 Å². The third-order valence-electron chi connectivity index (χ3n) is 5.83. The number of benzene rings is 2. The average Bonchev–Trinajstić information content (AvgIpc) is 3.01. The fraction of sp³-hybridized carbons (Fsp3) is 0.333. The Morgan fingerprint density at radius 1 is 1.10 bits per heavy atom. The second kappa shape index (κ2) is 8.38. The van der Waals surface area contributed by atoms with E-state index in [4.69, 9.17) is 0 Å². The van der Waals surface area contributed by atoms with Gasteiger partial charge in [0.25, 0.3) is 5.78 Å². The minimum absolute atomic E-state index is 0.00490. The highest BCUT2D eigenvalue weighted by Crippen LogP contribution is 2.41. The van der Waals surface area contributed by atoms with Gasteiger partial charge in [-0.1, -0.05) is 30.7 Å². The summed E-state index contributed by atoms with van der Waals surface area (Å²) in [6.07, 6.45) is -2.14. The van der Waals surface area contributed by atoms with E-state index in [1.165, 1.54) is 31.2 Å². The summed E-state index contributed by atoms with van der Waals surface area (Å²) in [5.74, 6) is -2.37. The van der Waals surface area contributed by atoms with Crippen LogP contribution in [0.25, 0.3) is 22.0 Å². The van der Waals surface area contributed by atoms with Gasteiger partial charge in [0.05, 0.1) is 11.1 Å². The van der Waals surface area contributed by atoms with E-state index >= 15 is 0 Å². The summed E-state index contributed by atoms with van der Waals surface area (Å²) in [5.41, 5.74) is 1.45. The van der Waals surface area contributed by atoms with Crippen LogP contribution in [-0.2, 0) is 0 Å². The minimum atomic E-state index is -5.05. The molecule has 31 heavy (non-hydrogen) atoms. The van der Waals surface area contributed by atoms with Crippen LogP contribution in [0.15, 0.2) is 42.5 Å². The first-order valence-corrected chi connectivity index (χ1v) is 10.3. The second-order valence-electron chi connectivity index (χ2n) is 7.92. The molecule has 0 saturated carbocycles. The fourth-order valence-corrected chi connectivity index (χ4v) is 4.42. The maximum Gasteiger partial charge on any atom is 0.454 e. The first-order chi connectivity index (χ1) is 14.8. The molecule has 1 aliphatic rings. The lowest BCUT2D eigenvalue weighted by Gasteiger charge is -2.22. The number of ketones is 1. The van der Waals surface area contributed by atoms with Crippen LogP contribution < -0.4 is 5.32 Å². The van der Waals surface area contributed by atoms with Crippen molar-refractivity contribution in [2.45, 2.75) is 38.3 Å². The van der Waals surface area contributed by atoms with Gasteiger partial charge < -0.3 is 5.32 Å². The smallest absolute Gasteiger partial charge is 0.316 e. The topological polar surface area (TPSA) is 42.0 Å². The van der Waals surface area contributed by atoms with Gasteiger partial charge in [0.1, 0.15) is 5.82 Å². The summed E-state index contributed by atoms with van der Waals surface area (Å²) in [4.78, 5) is 16.9. The predicted octanol–water partition coefficient (Wildman–Crippen LogP) is 5.95. The molecule has 4 rings (SSSR count). The molecule has 3 nitrogen and oxygen atoms in total. The molecule has 0 amide bonds. The van der Waals surface area contributed by atoms with Crippen LogP contribution in [0.3, 0.4) is 0 Å². The number of hydrogen-bond donors (Lipinski definition) is 1. The molecule has 1 fully saturated rings. The largest absolute Gasteiger partial charge is 0.454 e. The molecule has 1 N–H and O–H groups in total. The lowest BCUT2D eigenvalue weighted by molar-refractivity contribution is -0.0885. The summed E-state index contributed by atoms with van der Waals surface area (Å²) in [5, 5.41) is 3.91. The Hall–Kier alpha value is -2.80. The molecule has 0 aliphatic carbocycles. The highest BCUT2D eigenvalue weighted by molar-refractivity contribution is 6.13. The van der Waals surface area contributed by atoms with Gasteiger partial charge in [0.2, 0.25) is 0 Å². The maximum absolute atomic E-state index is 13.6. The molecule has 0 radical (unpaired) electrons. The quantitative estimate of drug-likeness (QED) is 0.412. The maximum atomic E-state index is 13.6. The Bertz CT molecular complexity index is 1120. The number of halogens is 4. The lowest BCUT2D eigenvalue weighted by atomic mass is 9.85. The van der Waals surface area contributed by atoms with Crippen LogP contribution in [0.4, 0.5) is 17.6 Å². The van der Waals surface area contributed by atoms with Gasteiger partial charge in [-0.05, 0) is 61.6 Å². The van der Waals surface area contributed by atoms with Crippen LogP contribution in [0.2, 0.25) is 0 Å². The summed E-state index contributed by atoms with van der Waals surface area (Å²) < 4.78 is 54.2. The Kier molecular flexibility index (Phi) is 5.79. The number of alkyl halides is 3. The molecule has 2 heterocycles. The zero-order valence-corrected chi connectivity index (χ0v) is 17.0.